The van der Waals surface area contributed by atoms with Crippen molar-refractivity contribution in [2.45, 2.75) is 38.8 Å². The molecule has 1 rings (SSSR count). The first-order valence-electron chi connectivity index (χ1n) is 6.86. The average molecular weight is 313 g/mol. The summed E-state index contributed by atoms with van der Waals surface area (Å²) in [5.41, 5.74) is 0.996. The number of carboxylic acid groups (broad SMARTS) is 1. The van der Waals surface area contributed by atoms with Crippen LogP contribution in [-0.4, -0.2) is 35.1 Å². The minimum absolute atomic E-state index is 0.0514. The fraction of sp³-hybridized carbons (Fsp3) is 0.467. The highest BCUT2D eigenvalue weighted by molar-refractivity contribution is 6.30. The lowest BCUT2D eigenvalue weighted by Crippen LogP contribution is -2.41. The maximum atomic E-state index is 12.0. The van der Waals surface area contributed by atoms with Gasteiger partial charge in [0.2, 0.25) is 0 Å². The Labute approximate surface area is 129 Å². The molecule has 0 saturated carbocycles. The van der Waals surface area contributed by atoms with Crippen LogP contribution in [0.2, 0.25) is 5.02 Å². The second kappa shape index (κ2) is 8.52. The number of nitrogens with one attached hydrogen (secondary N) is 1. The predicted octanol–water partition coefficient (Wildman–Crippen LogP) is 3.12. The zero-order valence-corrected chi connectivity index (χ0v) is 13.1. The SMILES string of the molecule is CC(CCCC(=O)O)NC(=O)N(C)Cc1ccc(Cl)cc1. The predicted molar refractivity (Wildman–Crippen MR) is 82.4 cm³/mol. The fourth-order valence-electron chi connectivity index (χ4n) is 1.89. The summed E-state index contributed by atoms with van der Waals surface area (Å²) in [6.45, 7) is 2.36. The molecule has 2 amide bonds. The smallest absolute Gasteiger partial charge is 0.317 e. The lowest BCUT2D eigenvalue weighted by Gasteiger charge is -2.21. The quantitative estimate of drug-likeness (QED) is 0.812. The molecule has 116 valence electrons. The molecule has 1 atom stereocenters. The van der Waals surface area contributed by atoms with E-state index in [9.17, 15) is 9.59 Å². The van der Waals surface area contributed by atoms with E-state index in [1.807, 2.05) is 19.1 Å². The molecule has 21 heavy (non-hydrogen) atoms. The van der Waals surface area contributed by atoms with Crippen molar-refractivity contribution in [1.29, 1.82) is 0 Å². The van der Waals surface area contributed by atoms with Crippen LogP contribution in [-0.2, 0) is 11.3 Å². The number of hydrogen-bond donors (Lipinski definition) is 2. The number of carboxylic acids is 1. The topological polar surface area (TPSA) is 69.6 Å². The summed E-state index contributed by atoms with van der Waals surface area (Å²) in [5.74, 6) is -0.812. The van der Waals surface area contributed by atoms with Crippen LogP contribution in [0.15, 0.2) is 24.3 Å². The van der Waals surface area contributed by atoms with Crippen LogP contribution in [0, 0.1) is 0 Å². The molecule has 0 aromatic heterocycles. The summed E-state index contributed by atoms with van der Waals surface area (Å²) in [4.78, 5) is 24.0. The zero-order valence-electron chi connectivity index (χ0n) is 12.3. The van der Waals surface area contributed by atoms with Crippen LogP contribution in [0.3, 0.4) is 0 Å². The van der Waals surface area contributed by atoms with Gasteiger partial charge in [-0.2, -0.15) is 0 Å². The van der Waals surface area contributed by atoms with Crippen molar-refractivity contribution >= 4 is 23.6 Å². The van der Waals surface area contributed by atoms with Crippen LogP contribution in [0.1, 0.15) is 31.7 Å². The minimum Gasteiger partial charge on any atom is -0.481 e. The summed E-state index contributed by atoms with van der Waals surface area (Å²) in [6, 6.07) is 7.11. The summed E-state index contributed by atoms with van der Waals surface area (Å²) in [5, 5.41) is 12.1. The highest BCUT2D eigenvalue weighted by Gasteiger charge is 2.12. The van der Waals surface area contributed by atoms with Gasteiger partial charge in [-0.1, -0.05) is 23.7 Å². The molecule has 5 nitrogen and oxygen atoms in total. The van der Waals surface area contributed by atoms with Crippen molar-refractivity contribution in [3.05, 3.63) is 34.9 Å². The highest BCUT2D eigenvalue weighted by atomic mass is 35.5. The molecular weight excluding hydrogens is 292 g/mol. The van der Waals surface area contributed by atoms with Crippen LogP contribution >= 0.6 is 11.6 Å². The third-order valence-corrected chi connectivity index (χ3v) is 3.33. The van der Waals surface area contributed by atoms with Crippen molar-refractivity contribution in [3.63, 3.8) is 0 Å². The largest absolute Gasteiger partial charge is 0.481 e. The molecule has 2 N–H and O–H groups in total. The van der Waals surface area contributed by atoms with Gasteiger partial charge in [-0.3, -0.25) is 4.79 Å². The van der Waals surface area contributed by atoms with Crippen molar-refractivity contribution in [3.8, 4) is 0 Å². The highest BCUT2D eigenvalue weighted by Crippen LogP contribution is 2.11. The van der Waals surface area contributed by atoms with Crippen molar-refractivity contribution in [2.24, 2.45) is 0 Å². The summed E-state index contributed by atoms with van der Waals surface area (Å²) in [7, 11) is 1.72. The van der Waals surface area contributed by atoms with Gasteiger partial charge in [-0.15, -0.1) is 0 Å². The number of carbonyl (C=O) groups excluding carboxylic acids is 1. The molecule has 1 aromatic carbocycles. The first-order valence-corrected chi connectivity index (χ1v) is 7.24. The van der Waals surface area contributed by atoms with Crippen LogP contribution in [0.5, 0.6) is 0 Å². The molecule has 0 aliphatic carbocycles. The average Bonchev–Trinajstić information content (AvgIpc) is 2.40. The van der Waals surface area contributed by atoms with Gasteiger partial charge in [0.15, 0.2) is 0 Å². The van der Waals surface area contributed by atoms with E-state index in [-0.39, 0.29) is 18.5 Å². The number of benzene rings is 1. The van der Waals surface area contributed by atoms with E-state index in [1.165, 1.54) is 0 Å². The molecule has 6 heteroatoms. The van der Waals surface area contributed by atoms with Crippen LogP contribution in [0.25, 0.3) is 0 Å². The molecule has 0 heterocycles. The Hall–Kier alpha value is -1.75. The van der Waals surface area contributed by atoms with Crippen molar-refractivity contribution < 1.29 is 14.7 Å². The van der Waals surface area contributed by atoms with Gasteiger partial charge >= 0.3 is 12.0 Å². The summed E-state index contributed by atoms with van der Waals surface area (Å²) < 4.78 is 0. The lowest BCUT2D eigenvalue weighted by atomic mass is 10.1. The number of halogens is 1. The molecule has 1 aromatic rings. The molecule has 0 bridgehead atoms. The Morgan fingerprint density at radius 2 is 1.95 bits per heavy atom. The number of rotatable bonds is 7. The third kappa shape index (κ3) is 6.99. The number of nitrogens with zero attached hydrogens (tertiary/aromatic N) is 1. The Morgan fingerprint density at radius 3 is 2.52 bits per heavy atom. The number of urea groups is 1. The minimum atomic E-state index is -0.812. The maximum Gasteiger partial charge on any atom is 0.317 e. The zero-order chi connectivity index (χ0) is 15.8. The Bertz CT molecular complexity index is 476. The number of carbonyl (C=O) groups is 2. The van der Waals surface area contributed by atoms with Gasteiger partial charge in [-0.25, -0.2) is 4.79 Å². The van der Waals surface area contributed by atoms with Gasteiger partial charge in [0, 0.05) is 31.1 Å². The molecule has 0 radical (unpaired) electrons. The molecule has 0 fully saturated rings. The van der Waals surface area contributed by atoms with E-state index in [4.69, 9.17) is 16.7 Å². The second-order valence-electron chi connectivity index (χ2n) is 5.12. The lowest BCUT2D eigenvalue weighted by molar-refractivity contribution is -0.137. The van der Waals surface area contributed by atoms with Gasteiger partial charge in [0.25, 0.3) is 0 Å². The van der Waals surface area contributed by atoms with E-state index in [1.54, 1.807) is 24.1 Å². The molecule has 1 unspecified atom stereocenters. The number of hydrogen-bond acceptors (Lipinski definition) is 2. The van der Waals surface area contributed by atoms with Gasteiger partial charge in [-0.05, 0) is 37.5 Å². The number of amides is 2. The fourth-order valence-corrected chi connectivity index (χ4v) is 2.01. The molecule has 0 saturated heterocycles. The van der Waals surface area contributed by atoms with E-state index >= 15 is 0 Å². The molecular formula is C15H21ClN2O3. The summed E-state index contributed by atoms with van der Waals surface area (Å²) >= 11 is 5.82. The van der Waals surface area contributed by atoms with Crippen molar-refractivity contribution in [2.75, 3.05) is 7.05 Å². The normalized spacial score (nSPS) is 11.8. The van der Waals surface area contributed by atoms with Gasteiger partial charge in [0.05, 0.1) is 0 Å². The van der Waals surface area contributed by atoms with E-state index in [0.717, 1.165) is 5.56 Å². The first-order chi connectivity index (χ1) is 9.88. The van der Waals surface area contributed by atoms with Crippen molar-refractivity contribution in [1.82, 2.24) is 10.2 Å². The maximum absolute atomic E-state index is 12.0. The van der Waals surface area contributed by atoms with E-state index in [2.05, 4.69) is 5.32 Å². The molecule has 0 aliphatic heterocycles. The van der Waals surface area contributed by atoms with Gasteiger partial charge in [0.1, 0.15) is 0 Å². The monoisotopic (exact) mass is 312 g/mol. The Kier molecular flexibility index (Phi) is 7.02. The summed E-state index contributed by atoms with van der Waals surface area (Å²) in [6.07, 6.45) is 1.32. The van der Waals surface area contributed by atoms with Crippen LogP contribution in [0.4, 0.5) is 4.79 Å². The standard InChI is InChI=1S/C15H21ClN2O3/c1-11(4-3-5-14(19)20)17-15(21)18(2)10-12-6-8-13(16)9-7-12/h6-9,11H,3-5,10H2,1-2H3,(H,17,21)(H,19,20). The molecule has 0 spiro atoms. The van der Waals surface area contributed by atoms with Crippen LogP contribution < -0.4 is 5.32 Å². The molecule has 0 aliphatic rings. The Balaban J connectivity index is 2.36. The first kappa shape index (κ1) is 17.3. The third-order valence-electron chi connectivity index (χ3n) is 3.08. The van der Waals surface area contributed by atoms with E-state index in [0.29, 0.717) is 24.4 Å². The number of aliphatic carboxylic acids is 1. The Morgan fingerprint density at radius 1 is 1.33 bits per heavy atom. The second-order valence-corrected chi connectivity index (χ2v) is 5.56. The van der Waals surface area contributed by atoms with Gasteiger partial charge < -0.3 is 15.3 Å². The van der Waals surface area contributed by atoms with E-state index < -0.39 is 5.97 Å².